The number of rotatable bonds is 7. The molecule has 152 valence electrons. The Morgan fingerprint density at radius 1 is 1.37 bits per heavy atom. The molecular weight excluding hydrogens is 382 g/mol. The number of hydrogen-bond donors (Lipinski definition) is 1. The first-order chi connectivity index (χ1) is 12.6. The topological polar surface area (TPSA) is 84.9 Å². The minimum atomic E-state index is -3.45. The van der Waals surface area contributed by atoms with Gasteiger partial charge in [0.2, 0.25) is 10.0 Å². The number of likely N-dealkylation sites (tertiary alicyclic amines) is 1. The predicted molar refractivity (Wildman–Crippen MR) is 95.0 cm³/mol. The van der Waals surface area contributed by atoms with Gasteiger partial charge in [0.15, 0.2) is 18.2 Å². The van der Waals surface area contributed by atoms with Gasteiger partial charge < -0.3 is 14.4 Å². The molecule has 1 aromatic rings. The van der Waals surface area contributed by atoms with Crippen LogP contribution in [-0.4, -0.2) is 64.4 Å². The van der Waals surface area contributed by atoms with Crippen LogP contribution in [0.4, 0.5) is 8.78 Å². The highest BCUT2D eigenvalue weighted by molar-refractivity contribution is 7.88. The van der Waals surface area contributed by atoms with Gasteiger partial charge in [0.1, 0.15) is 5.82 Å². The maximum atomic E-state index is 13.9. The lowest BCUT2D eigenvalue weighted by Crippen LogP contribution is -2.59. The van der Waals surface area contributed by atoms with Crippen molar-refractivity contribution in [1.29, 1.82) is 0 Å². The summed E-state index contributed by atoms with van der Waals surface area (Å²) in [6.07, 6.45) is 2.22. The lowest BCUT2D eigenvalue weighted by atomic mass is 9.97. The maximum absolute atomic E-state index is 13.9. The Labute approximate surface area is 157 Å². The summed E-state index contributed by atoms with van der Waals surface area (Å²) in [5.74, 6) is -2.23. The standard InChI is InChI=1S/C17H24F2N2O5S/c1-11-7-12(18)8-13(19)17(11)26-10-16(22)21-6-4-5-14(15(21)9-25-2)20-27(3,23)24/h7-8,14-15,20H,4-6,9-10H2,1-3H3. The Bertz CT molecular complexity index is 765. The van der Waals surface area contributed by atoms with E-state index in [1.807, 2.05) is 0 Å². The van der Waals surface area contributed by atoms with E-state index in [9.17, 15) is 22.0 Å². The van der Waals surface area contributed by atoms with Gasteiger partial charge in [0, 0.05) is 25.8 Å². The van der Waals surface area contributed by atoms with Crippen LogP contribution in [-0.2, 0) is 19.6 Å². The van der Waals surface area contributed by atoms with Crippen molar-refractivity contribution in [2.45, 2.75) is 31.8 Å². The monoisotopic (exact) mass is 406 g/mol. The Morgan fingerprint density at radius 3 is 2.67 bits per heavy atom. The number of halogens is 2. The normalized spacial score (nSPS) is 20.6. The number of hydrogen-bond acceptors (Lipinski definition) is 5. The first-order valence-electron chi connectivity index (χ1n) is 8.46. The van der Waals surface area contributed by atoms with Crippen LogP contribution in [0.15, 0.2) is 12.1 Å². The molecule has 1 aliphatic heterocycles. The quantitative estimate of drug-likeness (QED) is 0.736. The number of sulfonamides is 1. The molecule has 27 heavy (non-hydrogen) atoms. The molecule has 1 aliphatic rings. The number of carbonyl (C=O) groups is 1. The Kier molecular flexibility index (Phi) is 7.12. The zero-order valence-corrected chi connectivity index (χ0v) is 16.3. The van der Waals surface area contributed by atoms with Gasteiger partial charge in [-0.3, -0.25) is 4.79 Å². The molecule has 7 nitrogen and oxygen atoms in total. The molecule has 10 heteroatoms. The minimum absolute atomic E-state index is 0.142. The summed E-state index contributed by atoms with van der Waals surface area (Å²) < 4.78 is 63.2. The van der Waals surface area contributed by atoms with E-state index in [2.05, 4.69) is 4.72 Å². The molecule has 1 heterocycles. The second kappa shape index (κ2) is 8.94. The molecule has 0 aromatic heterocycles. The van der Waals surface area contributed by atoms with Gasteiger partial charge in [-0.1, -0.05) is 0 Å². The molecule has 1 saturated heterocycles. The van der Waals surface area contributed by atoms with Gasteiger partial charge >= 0.3 is 0 Å². The molecule has 2 atom stereocenters. The highest BCUT2D eigenvalue weighted by Crippen LogP contribution is 2.24. The maximum Gasteiger partial charge on any atom is 0.260 e. The fourth-order valence-electron chi connectivity index (χ4n) is 3.24. The van der Waals surface area contributed by atoms with Gasteiger partial charge in [-0.25, -0.2) is 21.9 Å². The van der Waals surface area contributed by atoms with E-state index in [0.29, 0.717) is 25.5 Å². The molecule has 0 spiro atoms. The van der Waals surface area contributed by atoms with Crippen LogP contribution in [0.25, 0.3) is 0 Å². The van der Waals surface area contributed by atoms with Gasteiger partial charge in [-0.05, 0) is 31.4 Å². The second-order valence-electron chi connectivity index (χ2n) is 6.57. The third-order valence-corrected chi connectivity index (χ3v) is 5.07. The first kappa shape index (κ1) is 21.5. The van der Waals surface area contributed by atoms with Crippen molar-refractivity contribution < 1.29 is 31.5 Å². The van der Waals surface area contributed by atoms with Crippen LogP contribution in [0.1, 0.15) is 18.4 Å². The summed E-state index contributed by atoms with van der Waals surface area (Å²) in [6.45, 7) is 1.58. The van der Waals surface area contributed by atoms with E-state index in [1.165, 1.54) is 18.9 Å². The average Bonchev–Trinajstić information content (AvgIpc) is 2.54. The van der Waals surface area contributed by atoms with Crippen molar-refractivity contribution in [2.24, 2.45) is 0 Å². The third-order valence-electron chi connectivity index (χ3n) is 4.34. The van der Waals surface area contributed by atoms with Crippen molar-refractivity contribution in [3.8, 4) is 5.75 Å². The number of nitrogens with one attached hydrogen (secondary N) is 1. The molecule has 0 aliphatic carbocycles. The van der Waals surface area contributed by atoms with Crippen LogP contribution in [0.3, 0.4) is 0 Å². The molecule has 2 rings (SSSR count). The van der Waals surface area contributed by atoms with Crippen LogP contribution in [0, 0.1) is 18.6 Å². The summed E-state index contributed by atoms with van der Waals surface area (Å²) in [5, 5.41) is 0. The second-order valence-corrected chi connectivity index (χ2v) is 8.35. The molecule has 1 N–H and O–H groups in total. The number of nitrogens with zero attached hydrogens (tertiary/aromatic N) is 1. The average molecular weight is 406 g/mol. The summed E-state index contributed by atoms with van der Waals surface area (Å²) in [5.41, 5.74) is 0.240. The third kappa shape index (κ3) is 5.85. The smallest absolute Gasteiger partial charge is 0.260 e. The number of benzene rings is 1. The number of amides is 1. The zero-order chi connectivity index (χ0) is 20.2. The summed E-state index contributed by atoms with van der Waals surface area (Å²) in [4.78, 5) is 14.1. The summed E-state index contributed by atoms with van der Waals surface area (Å²) in [7, 11) is -1.99. The van der Waals surface area contributed by atoms with E-state index in [-0.39, 0.29) is 17.9 Å². The zero-order valence-electron chi connectivity index (χ0n) is 15.5. The van der Waals surface area contributed by atoms with Gasteiger partial charge in [0.25, 0.3) is 5.91 Å². The van der Waals surface area contributed by atoms with Crippen LogP contribution < -0.4 is 9.46 Å². The molecule has 1 fully saturated rings. The van der Waals surface area contributed by atoms with Crippen LogP contribution in [0.5, 0.6) is 5.75 Å². The van der Waals surface area contributed by atoms with E-state index in [4.69, 9.17) is 9.47 Å². The van der Waals surface area contributed by atoms with E-state index in [1.54, 1.807) is 0 Å². The van der Waals surface area contributed by atoms with Crippen LogP contribution in [0.2, 0.25) is 0 Å². The van der Waals surface area contributed by atoms with Gasteiger partial charge in [-0.2, -0.15) is 0 Å². The highest BCUT2D eigenvalue weighted by Gasteiger charge is 2.36. The Balaban J connectivity index is 2.11. The number of methoxy groups -OCH3 is 1. The van der Waals surface area contributed by atoms with Gasteiger partial charge in [-0.15, -0.1) is 0 Å². The minimum Gasteiger partial charge on any atom is -0.480 e. The number of piperidine rings is 1. The number of carbonyl (C=O) groups excluding carboxylic acids is 1. The molecule has 1 aromatic carbocycles. The van der Waals surface area contributed by atoms with Crippen molar-refractivity contribution in [3.63, 3.8) is 0 Å². The van der Waals surface area contributed by atoms with Crippen molar-refractivity contribution >= 4 is 15.9 Å². The Morgan fingerprint density at radius 2 is 2.07 bits per heavy atom. The van der Waals surface area contributed by atoms with E-state index in [0.717, 1.165) is 12.3 Å². The lowest BCUT2D eigenvalue weighted by molar-refractivity contribution is -0.139. The van der Waals surface area contributed by atoms with Crippen molar-refractivity contribution in [3.05, 3.63) is 29.3 Å². The van der Waals surface area contributed by atoms with Crippen molar-refractivity contribution in [2.75, 3.05) is 33.1 Å². The summed E-state index contributed by atoms with van der Waals surface area (Å²) in [6, 6.07) is 0.813. The Hall–Kier alpha value is -1.78. The van der Waals surface area contributed by atoms with Crippen LogP contribution >= 0.6 is 0 Å². The molecule has 0 radical (unpaired) electrons. The predicted octanol–water partition coefficient (Wildman–Crippen LogP) is 1.21. The van der Waals surface area contributed by atoms with Gasteiger partial charge in [0.05, 0.1) is 18.9 Å². The fraction of sp³-hybridized carbons (Fsp3) is 0.588. The molecular formula is C17H24F2N2O5S. The first-order valence-corrected chi connectivity index (χ1v) is 10.4. The molecule has 2 unspecified atom stereocenters. The molecule has 0 bridgehead atoms. The largest absolute Gasteiger partial charge is 0.480 e. The lowest BCUT2D eigenvalue weighted by Gasteiger charge is -2.40. The SMILES string of the molecule is COCC1C(NS(C)(=O)=O)CCCN1C(=O)COc1c(C)cc(F)cc1F. The van der Waals surface area contributed by atoms with E-state index < -0.39 is 46.3 Å². The number of aryl methyl sites for hydroxylation is 1. The fourth-order valence-corrected chi connectivity index (χ4v) is 4.07. The summed E-state index contributed by atoms with van der Waals surface area (Å²) >= 11 is 0. The molecule has 1 amide bonds. The molecule has 0 saturated carbocycles. The van der Waals surface area contributed by atoms with Crippen molar-refractivity contribution in [1.82, 2.24) is 9.62 Å². The van der Waals surface area contributed by atoms with E-state index >= 15 is 0 Å². The number of ether oxygens (including phenoxy) is 2. The highest BCUT2D eigenvalue weighted by atomic mass is 32.2.